The number of quaternary nitrogens is 1. The molecule has 7 heteroatoms. The highest BCUT2D eigenvalue weighted by molar-refractivity contribution is 7.22. The van der Waals surface area contributed by atoms with E-state index in [1.165, 1.54) is 22.3 Å². The van der Waals surface area contributed by atoms with Crippen molar-refractivity contribution in [1.82, 2.24) is 4.98 Å². The van der Waals surface area contributed by atoms with Gasteiger partial charge in [-0.3, -0.25) is 9.69 Å². The predicted molar refractivity (Wildman–Crippen MR) is 104 cm³/mol. The summed E-state index contributed by atoms with van der Waals surface area (Å²) in [5.74, 6) is 0.0625. The number of anilines is 1. The highest BCUT2D eigenvalue weighted by Crippen LogP contribution is 2.33. The van der Waals surface area contributed by atoms with Crippen molar-refractivity contribution in [3.05, 3.63) is 35.3 Å². The zero-order valence-corrected chi connectivity index (χ0v) is 16.6. The fourth-order valence-electron chi connectivity index (χ4n) is 2.97. The normalized spacial score (nSPS) is 14.1. The average Bonchev–Trinajstić information content (AvgIpc) is 3.02. The third kappa shape index (κ3) is 4.16. The van der Waals surface area contributed by atoms with E-state index in [2.05, 4.69) is 40.1 Å². The van der Waals surface area contributed by atoms with Crippen LogP contribution in [0.2, 0.25) is 0 Å². The minimum absolute atomic E-state index is 0.188. The number of benzene rings is 1. The maximum Gasteiger partial charge on any atom is 0.298 e. The third-order valence-corrected chi connectivity index (χ3v) is 5.43. The van der Waals surface area contributed by atoms with Gasteiger partial charge in [0, 0.05) is 13.0 Å². The number of nitrogens with zero attached hydrogens (tertiary/aromatic N) is 2. The highest BCUT2D eigenvalue weighted by Gasteiger charge is 2.26. The van der Waals surface area contributed by atoms with Gasteiger partial charge in [0.05, 0.1) is 30.9 Å². The van der Waals surface area contributed by atoms with Gasteiger partial charge in [0.1, 0.15) is 19.5 Å². The lowest BCUT2D eigenvalue weighted by Crippen LogP contribution is -3.05. The Hall–Kier alpha value is -2.12. The van der Waals surface area contributed by atoms with Gasteiger partial charge in [0.15, 0.2) is 5.13 Å². The number of aryl methyl sites for hydroxylation is 2. The first-order valence-corrected chi connectivity index (χ1v) is 9.70. The molecule has 0 radical (unpaired) electrons. The highest BCUT2D eigenvalue weighted by atomic mass is 32.1. The molecule has 26 heavy (non-hydrogen) atoms. The first-order chi connectivity index (χ1) is 12.5. The molecule has 0 saturated heterocycles. The summed E-state index contributed by atoms with van der Waals surface area (Å²) in [4.78, 5) is 20.8. The molecule has 1 amide bonds. The molecular weight excluding hydrogens is 350 g/mol. The molecule has 3 rings (SSSR count). The second-order valence-corrected chi connectivity index (χ2v) is 7.87. The van der Waals surface area contributed by atoms with E-state index < -0.39 is 0 Å². The summed E-state index contributed by atoms with van der Waals surface area (Å²) in [6, 6.07) is 4.21. The second-order valence-electron chi connectivity index (χ2n) is 6.90. The number of rotatable bonds is 6. The Morgan fingerprint density at radius 2 is 2.12 bits per heavy atom. The van der Waals surface area contributed by atoms with Crippen LogP contribution >= 0.6 is 11.3 Å². The first kappa shape index (κ1) is 18.7. The fraction of sp³-hybridized carbons (Fsp3) is 0.474. The number of amides is 1. The molecule has 1 aromatic heterocycles. The largest absolute Gasteiger partial charge is 0.494 e. The Morgan fingerprint density at radius 3 is 2.81 bits per heavy atom. The zero-order valence-electron chi connectivity index (χ0n) is 15.8. The van der Waals surface area contributed by atoms with Crippen molar-refractivity contribution >= 4 is 32.6 Å². The predicted octanol–water partition coefficient (Wildman–Crippen LogP) is 1.67. The Kier molecular flexibility index (Phi) is 5.78. The molecule has 1 aliphatic rings. The molecule has 0 atom stereocenters. The zero-order chi connectivity index (χ0) is 18.7. The lowest BCUT2D eigenvalue weighted by molar-refractivity contribution is -0.858. The number of thiazole rings is 1. The first-order valence-electron chi connectivity index (χ1n) is 8.89. The van der Waals surface area contributed by atoms with Gasteiger partial charge in [-0.15, -0.1) is 0 Å². The lowest BCUT2D eigenvalue weighted by Gasteiger charge is -2.23. The molecule has 140 valence electrons. The summed E-state index contributed by atoms with van der Waals surface area (Å²) in [5.41, 5.74) is 3.30. The topological polar surface area (TPSA) is 56.1 Å². The molecule has 0 bridgehead atoms. The van der Waals surface area contributed by atoms with E-state index in [0.717, 1.165) is 23.2 Å². The standard InChI is InChI=1S/C19H25N3O3S/c1-13-10-14(2)17-15(11-13)20-19(26-17)22(7-5-6-21(3)4)18(23)16-12-24-8-9-25-16/h10-12H,5-9H2,1-4H3/p+1. The van der Waals surface area contributed by atoms with Gasteiger partial charge in [0.25, 0.3) is 5.91 Å². The van der Waals surface area contributed by atoms with Crippen molar-refractivity contribution < 1.29 is 19.2 Å². The molecule has 0 spiro atoms. The number of hydrogen-bond acceptors (Lipinski definition) is 5. The minimum Gasteiger partial charge on any atom is -0.494 e. The monoisotopic (exact) mass is 376 g/mol. The molecule has 2 heterocycles. The van der Waals surface area contributed by atoms with Gasteiger partial charge in [0.2, 0.25) is 5.76 Å². The number of aromatic nitrogens is 1. The van der Waals surface area contributed by atoms with E-state index >= 15 is 0 Å². The van der Waals surface area contributed by atoms with Crippen molar-refractivity contribution in [2.75, 3.05) is 45.3 Å². The Labute approximate surface area is 158 Å². The number of ether oxygens (including phenoxy) is 2. The molecule has 0 unspecified atom stereocenters. The SMILES string of the molecule is Cc1cc(C)c2sc(N(CCC[NH+](C)C)C(=O)C3=COCCO3)nc2c1. The van der Waals surface area contributed by atoms with Crippen LogP contribution in [0.4, 0.5) is 5.13 Å². The molecule has 0 fully saturated rings. The van der Waals surface area contributed by atoms with E-state index in [1.807, 2.05) is 0 Å². The molecule has 2 aromatic rings. The minimum atomic E-state index is -0.188. The van der Waals surface area contributed by atoms with Crippen molar-refractivity contribution in [3.63, 3.8) is 0 Å². The van der Waals surface area contributed by atoms with Crippen molar-refractivity contribution in [2.45, 2.75) is 20.3 Å². The van der Waals surface area contributed by atoms with Gasteiger partial charge < -0.3 is 14.4 Å². The van der Waals surface area contributed by atoms with Crippen LogP contribution in [-0.4, -0.2) is 51.3 Å². The molecule has 1 aromatic carbocycles. The van der Waals surface area contributed by atoms with E-state index in [1.54, 1.807) is 16.2 Å². The molecular formula is C19H26N3O3S+. The van der Waals surface area contributed by atoms with Gasteiger partial charge >= 0.3 is 0 Å². The van der Waals surface area contributed by atoms with Crippen LogP contribution in [0.5, 0.6) is 0 Å². The van der Waals surface area contributed by atoms with Crippen LogP contribution < -0.4 is 9.80 Å². The Morgan fingerprint density at radius 1 is 1.31 bits per heavy atom. The van der Waals surface area contributed by atoms with Crippen molar-refractivity contribution in [3.8, 4) is 0 Å². The number of nitrogens with one attached hydrogen (secondary N) is 1. The van der Waals surface area contributed by atoms with E-state index in [9.17, 15) is 4.79 Å². The molecule has 1 N–H and O–H groups in total. The number of fused-ring (bicyclic) bond motifs is 1. The van der Waals surface area contributed by atoms with Gasteiger partial charge in [-0.05, 0) is 31.0 Å². The van der Waals surface area contributed by atoms with Crippen LogP contribution in [0.3, 0.4) is 0 Å². The summed E-state index contributed by atoms with van der Waals surface area (Å²) in [5, 5.41) is 0.711. The van der Waals surface area contributed by atoms with Crippen LogP contribution in [0.1, 0.15) is 17.5 Å². The quantitative estimate of drug-likeness (QED) is 0.833. The maximum atomic E-state index is 13.0. The maximum absolute atomic E-state index is 13.0. The summed E-state index contributed by atoms with van der Waals surface area (Å²) in [7, 11) is 4.22. The van der Waals surface area contributed by atoms with Crippen LogP contribution in [0, 0.1) is 13.8 Å². The van der Waals surface area contributed by atoms with Crippen LogP contribution in [0.25, 0.3) is 10.2 Å². The average molecular weight is 377 g/mol. The molecule has 1 aliphatic heterocycles. The smallest absolute Gasteiger partial charge is 0.298 e. The summed E-state index contributed by atoms with van der Waals surface area (Å²) >= 11 is 1.56. The Balaban J connectivity index is 1.92. The lowest BCUT2D eigenvalue weighted by atomic mass is 10.1. The second kappa shape index (κ2) is 8.05. The summed E-state index contributed by atoms with van der Waals surface area (Å²) < 4.78 is 11.9. The molecule has 0 aliphatic carbocycles. The number of carbonyl (C=O) groups excluding carboxylic acids is 1. The van der Waals surface area contributed by atoms with Crippen LogP contribution in [0.15, 0.2) is 24.2 Å². The van der Waals surface area contributed by atoms with Crippen LogP contribution in [-0.2, 0) is 14.3 Å². The van der Waals surface area contributed by atoms with Gasteiger partial charge in [-0.2, -0.15) is 0 Å². The van der Waals surface area contributed by atoms with E-state index in [-0.39, 0.29) is 11.7 Å². The third-order valence-electron chi connectivity index (χ3n) is 4.20. The summed E-state index contributed by atoms with van der Waals surface area (Å²) in [6.45, 7) is 6.59. The van der Waals surface area contributed by atoms with E-state index in [0.29, 0.717) is 24.9 Å². The fourth-order valence-corrected chi connectivity index (χ4v) is 4.01. The van der Waals surface area contributed by atoms with Gasteiger partial charge in [-0.25, -0.2) is 4.98 Å². The number of hydrogen-bond donors (Lipinski definition) is 1. The number of carbonyl (C=O) groups is 1. The van der Waals surface area contributed by atoms with Crippen molar-refractivity contribution in [2.24, 2.45) is 0 Å². The molecule has 6 nitrogen and oxygen atoms in total. The summed E-state index contributed by atoms with van der Waals surface area (Å²) in [6.07, 6.45) is 2.30. The van der Waals surface area contributed by atoms with E-state index in [4.69, 9.17) is 14.5 Å². The Bertz CT molecular complexity index is 829. The molecule has 0 saturated carbocycles. The van der Waals surface area contributed by atoms with Gasteiger partial charge in [-0.1, -0.05) is 17.4 Å². The van der Waals surface area contributed by atoms with Crippen molar-refractivity contribution in [1.29, 1.82) is 0 Å².